The van der Waals surface area contributed by atoms with Gasteiger partial charge in [-0.25, -0.2) is 0 Å². The van der Waals surface area contributed by atoms with Crippen LogP contribution in [0.3, 0.4) is 0 Å². The third kappa shape index (κ3) is 3.10. The average Bonchev–Trinajstić information content (AvgIpc) is 2.36. The lowest BCUT2D eigenvalue weighted by Gasteiger charge is -2.26. The van der Waals surface area contributed by atoms with Crippen molar-refractivity contribution in [1.29, 1.82) is 0 Å². The number of aliphatic imine (C=N–C) groups is 1. The van der Waals surface area contributed by atoms with Gasteiger partial charge in [0.25, 0.3) is 0 Å². The number of halogens is 3. The SMILES string of the molecule is CC1N=C(CC(N)C(F)(F)F)c2ccc(CO)cc2N1. The Morgan fingerprint density at radius 3 is 2.75 bits per heavy atom. The molecule has 0 aliphatic carbocycles. The minimum Gasteiger partial charge on any atom is -0.392 e. The number of nitrogens with one attached hydrogen (secondary N) is 1. The Morgan fingerprint density at radius 1 is 1.45 bits per heavy atom. The Kier molecular flexibility index (Phi) is 4.01. The number of rotatable bonds is 3. The summed E-state index contributed by atoms with van der Waals surface area (Å²) in [6.07, 6.45) is -5.13. The van der Waals surface area contributed by atoms with Crippen LogP contribution in [0.15, 0.2) is 23.2 Å². The lowest BCUT2D eigenvalue weighted by molar-refractivity contribution is -0.145. The van der Waals surface area contributed by atoms with Crippen molar-refractivity contribution in [2.75, 3.05) is 5.32 Å². The standard InChI is InChI=1S/C13H16F3N3O/c1-7-18-10-4-8(6-20)2-3-9(10)11(19-7)5-12(17)13(14,15)16/h2-4,7,12,18,20H,5-6,17H2,1H3. The average molecular weight is 287 g/mol. The molecule has 1 aliphatic rings. The summed E-state index contributed by atoms with van der Waals surface area (Å²) in [6.45, 7) is 1.62. The summed E-state index contributed by atoms with van der Waals surface area (Å²) in [6, 6.07) is 3.09. The van der Waals surface area contributed by atoms with Gasteiger partial charge in [-0.15, -0.1) is 0 Å². The Morgan fingerprint density at radius 2 is 2.15 bits per heavy atom. The van der Waals surface area contributed by atoms with Crippen LogP contribution in [0.1, 0.15) is 24.5 Å². The minimum atomic E-state index is -4.44. The predicted octanol–water partition coefficient (Wildman–Crippen LogP) is 2.02. The van der Waals surface area contributed by atoms with Gasteiger partial charge >= 0.3 is 6.18 Å². The zero-order chi connectivity index (χ0) is 14.9. The highest BCUT2D eigenvalue weighted by Gasteiger charge is 2.38. The Balaban J connectivity index is 2.31. The van der Waals surface area contributed by atoms with E-state index in [1.54, 1.807) is 25.1 Å². The number of nitrogens with zero attached hydrogens (tertiary/aromatic N) is 1. The number of benzene rings is 1. The summed E-state index contributed by atoms with van der Waals surface area (Å²) >= 11 is 0. The molecule has 0 spiro atoms. The molecule has 7 heteroatoms. The van der Waals surface area contributed by atoms with Gasteiger partial charge in [-0.3, -0.25) is 4.99 Å². The Labute approximate surface area is 114 Å². The first kappa shape index (κ1) is 14.8. The van der Waals surface area contributed by atoms with Gasteiger partial charge in [-0.1, -0.05) is 12.1 Å². The molecule has 1 heterocycles. The van der Waals surface area contributed by atoms with Gasteiger partial charge in [0.1, 0.15) is 12.2 Å². The molecule has 2 rings (SSSR count). The maximum absolute atomic E-state index is 12.6. The fraction of sp³-hybridized carbons (Fsp3) is 0.462. The second-order valence-electron chi connectivity index (χ2n) is 4.79. The van der Waals surface area contributed by atoms with Gasteiger partial charge in [0, 0.05) is 23.4 Å². The van der Waals surface area contributed by atoms with Crippen molar-refractivity contribution in [1.82, 2.24) is 0 Å². The summed E-state index contributed by atoms with van der Waals surface area (Å²) in [4.78, 5) is 4.20. The van der Waals surface area contributed by atoms with Crippen molar-refractivity contribution < 1.29 is 18.3 Å². The van der Waals surface area contributed by atoms with Crippen LogP contribution >= 0.6 is 0 Å². The monoisotopic (exact) mass is 287 g/mol. The highest BCUT2D eigenvalue weighted by atomic mass is 19.4. The molecular formula is C13H16F3N3O. The van der Waals surface area contributed by atoms with Crippen molar-refractivity contribution in [2.45, 2.75) is 38.3 Å². The quantitative estimate of drug-likeness (QED) is 0.796. The van der Waals surface area contributed by atoms with Crippen LogP contribution in [0.5, 0.6) is 0 Å². The number of fused-ring (bicyclic) bond motifs is 1. The first-order valence-corrected chi connectivity index (χ1v) is 6.21. The fourth-order valence-corrected chi connectivity index (χ4v) is 2.11. The second-order valence-corrected chi connectivity index (χ2v) is 4.79. The van der Waals surface area contributed by atoms with E-state index >= 15 is 0 Å². The van der Waals surface area contributed by atoms with Crippen LogP contribution in [0.2, 0.25) is 0 Å². The first-order chi connectivity index (χ1) is 9.31. The molecule has 1 aromatic rings. The number of aliphatic hydroxyl groups is 1. The van der Waals surface area contributed by atoms with Gasteiger partial charge in [0.05, 0.1) is 6.61 Å². The maximum Gasteiger partial charge on any atom is 0.404 e. The van der Waals surface area contributed by atoms with E-state index in [9.17, 15) is 13.2 Å². The van der Waals surface area contributed by atoms with Gasteiger partial charge < -0.3 is 16.2 Å². The van der Waals surface area contributed by atoms with Crippen molar-refractivity contribution in [2.24, 2.45) is 10.7 Å². The van der Waals surface area contributed by atoms with E-state index in [4.69, 9.17) is 10.8 Å². The molecule has 0 fully saturated rings. The Hall–Kier alpha value is -1.60. The van der Waals surface area contributed by atoms with Gasteiger partial charge in [0.15, 0.2) is 0 Å². The van der Waals surface area contributed by atoms with E-state index in [0.717, 1.165) is 0 Å². The molecule has 0 amide bonds. The lowest BCUT2D eigenvalue weighted by atomic mass is 9.97. The molecule has 4 N–H and O–H groups in total. The van der Waals surface area contributed by atoms with Crippen LogP contribution in [0.25, 0.3) is 0 Å². The van der Waals surface area contributed by atoms with E-state index < -0.39 is 12.2 Å². The number of hydrogen-bond donors (Lipinski definition) is 3. The zero-order valence-electron chi connectivity index (χ0n) is 10.9. The molecule has 1 aliphatic heterocycles. The van der Waals surface area contributed by atoms with Crippen molar-refractivity contribution in [3.8, 4) is 0 Å². The molecule has 0 bridgehead atoms. The summed E-state index contributed by atoms with van der Waals surface area (Å²) in [5.74, 6) is 0. The van der Waals surface area contributed by atoms with Crippen LogP contribution in [-0.2, 0) is 6.61 Å². The van der Waals surface area contributed by atoms with Crippen LogP contribution in [-0.4, -0.2) is 29.2 Å². The maximum atomic E-state index is 12.6. The number of aliphatic hydroxyl groups excluding tert-OH is 1. The molecule has 0 saturated carbocycles. The highest BCUT2D eigenvalue weighted by Crippen LogP contribution is 2.28. The van der Waals surface area contributed by atoms with Gasteiger partial charge in [-0.2, -0.15) is 13.2 Å². The highest BCUT2D eigenvalue weighted by molar-refractivity contribution is 6.06. The smallest absolute Gasteiger partial charge is 0.392 e. The number of anilines is 1. The number of alkyl halides is 3. The largest absolute Gasteiger partial charge is 0.404 e. The molecule has 0 saturated heterocycles. The van der Waals surface area contributed by atoms with Crippen molar-refractivity contribution in [3.05, 3.63) is 29.3 Å². The summed E-state index contributed by atoms with van der Waals surface area (Å²) in [5, 5.41) is 12.2. The van der Waals surface area contributed by atoms with E-state index in [0.29, 0.717) is 22.5 Å². The second kappa shape index (κ2) is 5.41. The van der Waals surface area contributed by atoms with E-state index in [1.165, 1.54) is 0 Å². The molecular weight excluding hydrogens is 271 g/mol. The Bertz CT molecular complexity index is 528. The summed E-state index contributed by atoms with van der Waals surface area (Å²) in [7, 11) is 0. The summed E-state index contributed by atoms with van der Waals surface area (Å²) < 4.78 is 37.7. The summed E-state index contributed by atoms with van der Waals surface area (Å²) in [5.41, 5.74) is 7.46. The fourth-order valence-electron chi connectivity index (χ4n) is 2.11. The van der Waals surface area contributed by atoms with E-state index in [-0.39, 0.29) is 19.2 Å². The van der Waals surface area contributed by atoms with E-state index in [2.05, 4.69) is 10.3 Å². The van der Waals surface area contributed by atoms with Crippen LogP contribution in [0.4, 0.5) is 18.9 Å². The third-order valence-corrected chi connectivity index (χ3v) is 3.13. The van der Waals surface area contributed by atoms with Crippen LogP contribution < -0.4 is 11.1 Å². The third-order valence-electron chi connectivity index (χ3n) is 3.13. The normalized spacial score (nSPS) is 19.9. The molecule has 110 valence electrons. The first-order valence-electron chi connectivity index (χ1n) is 6.21. The van der Waals surface area contributed by atoms with Gasteiger partial charge in [-0.05, 0) is 18.6 Å². The molecule has 4 nitrogen and oxygen atoms in total. The number of hydrogen-bond acceptors (Lipinski definition) is 4. The van der Waals surface area contributed by atoms with Crippen molar-refractivity contribution in [3.63, 3.8) is 0 Å². The van der Waals surface area contributed by atoms with E-state index in [1.807, 2.05) is 0 Å². The topological polar surface area (TPSA) is 70.6 Å². The lowest BCUT2D eigenvalue weighted by Crippen LogP contribution is -2.40. The molecule has 20 heavy (non-hydrogen) atoms. The molecule has 0 aromatic heterocycles. The number of nitrogens with two attached hydrogens (primary N) is 1. The molecule has 2 unspecified atom stereocenters. The molecule has 0 radical (unpaired) electrons. The zero-order valence-corrected chi connectivity index (χ0v) is 10.9. The van der Waals surface area contributed by atoms with Crippen molar-refractivity contribution >= 4 is 11.4 Å². The minimum absolute atomic E-state index is 0.127. The predicted molar refractivity (Wildman–Crippen MR) is 70.6 cm³/mol. The van der Waals surface area contributed by atoms with Crippen LogP contribution in [0, 0.1) is 0 Å². The molecule has 2 atom stereocenters. The van der Waals surface area contributed by atoms with Gasteiger partial charge in [0.2, 0.25) is 0 Å². The molecule has 1 aromatic carbocycles.